The van der Waals surface area contributed by atoms with Gasteiger partial charge in [0.1, 0.15) is 6.26 Å². The van der Waals surface area contributed by atoms with Crippen LogP contribution >= 0.6 is 0 Å². The Hall–Kier alpha value is -2.15. The highest BCUT2D eigenvalue weighted by molar-refractivity contribution is 5.93. The molecule has 0 saturated carbocycles. The van der Waals surface area contributed by atoms with Gasteiger partial charge in [-0.1, -0.05) is 5.16 Å². The van der Waals surface area contributed by atoms with Gasteiger partial charge in [0.2, 0.25) is 5.89 Å². The molecule has 2 aromatic rings. The van der Waals surface area contributed by atoms with E-state index in [2.05, 4.69) is 15.0 Å². The lowest BCUT2D eigenvalue weighted by Gasteiger charge is -2.36. The van der Waals surface area contributed by atoms with Gasteiger partial charge in [0.25, 0.3) is 5.91 Å². The topological polar surface area (TPSA) is 75.6 Å². The minimum Gasteiger partial charge on any atom is -0.472 e. The van der Waals surface area contributed by atoms with Crippen molar-refractivity contribution in [1.82, 2.24) is 19.9 Å². The number of aromatic nitrogens is 2. The molecule has 1 amide bonds. The Labute approximate surface area is 122 Å². The van der Waals surface area contributed by atoms with Crippen LogP contribution in [-0.4, -0.2) is 52.0 Å². The van der Waals surface area contributed by atoms with Gasteiger partial charge in [-0.05, 0) is 19.9 Å². The molecule has 1 fully saturated rings. The third-order valence-electron chi connectivity index (χ3n) is 3.82. The summed E-state index contributed by atoms with van der Waals surface area (Å²) < 4.78 is 10.2. The number of carbonyl (C=O) groups is 1. The first kappa shape index (κ1) is 13.8. The first-order valence-corrected chi connectivity index (χ1v) is 7.01. The smallest absolute Gasteiger partial charge is 0.257 e. The monoisotopic (exact) mass is 290 g/mol. The summed E-state index contributed by atoms with van der Waals surface area (Å²) in [6.07, 6.45) is 3.00. The van der Waals surface area contributed by atoms with Crippen molar-refractivity contribution in [2.75, 3.05) is 26.2 Å². The number of nitrogens with zero attached hydrogens (tertiary/aromatic N) is 4. The highest BCUT2D eigenvalue weighted by Gasteiger charge is 2.27. The van der Waals surface area contributed by atoms with Crippen molar-refractivity contribution in [3.8, 4) is 0 Å². The van der Waals surface area contributed by atoms with E-state index in [1.54, 1.807) is 13.0 Å². The first-order chi connectivity index (χ1) is 10.1. The van der Waals surface area contributed by atoms with Crippen LogP contribution in [0.25, 0.3) is 0 Å². The van der Waals surface area contributed by atoms with Crippen LogP contribution in [-0.2, 0) is 0 Å². The molecule has 2 aromatic heterocycles. The molecule has 1 atom stereocenters. The number of piperazine rings is 1. The van der Waals surface area contributed by atoms with Crippen molar-refractivity contribution in [2.45, 2.75) is 19.9 Å². The molecule has 0 aromatic carbocycles. The molecule has 1 aliphatic rings. The van der Waals surface area contributed by atoms with Gasteiger partial charge >= 0.3 is 0 Å². The SMILES string of the molecule is Cc1noc([C@@H](C)N2CCN(C(=O)c3ccoc3)CC2)n1. The average Bonchev–Trinajstić information content (AvgIpc) is 3.17. The predicted octanol–water partition coefficient (Wildman–Crippen LogP) is 1.49. The van der Waals surface area contributed by atoms with Gasteiger partial charge in [-0.15, -0.1) is 0 Å². The van der Waals surface area contributed by atoms with Crippen LogP contribution in [0.4, 0.5) is 0 Å². The molecular formula is C14H18N4O3. The third kappa shape index (κ3) is 2.82. The number of amides is 1. The molecule has 0 radical (unpaired) electrons. The summed E-state index contributed by atoms with van der Waals surface area (Å²) in [6.45, 7) is 6.78. The lowest BCUT2D eigenvalue weighted by atomic mass is 10.2. The van der Waals surface area contributed by atoms with Gasteiger partial charge in [0, 0.05) is 26.2 Å². The number of furan rings is 1. The summed E-state index contributed by atoms with van der Waals surface area (Å²) in [5.41, 5.74) is 0.601. The second-order valence-corrected chi connectivity index (χ2v) is 5.20. The van der Waals surface area contributed by atoms with E-state index in [0.717, 1.165) is 13.1 Å². The van der Waals surface area contributed by atoms with E-state index >= 15 is 0 Å². The third-order valence-corrected chi connectivity index (χ3v) is 3.82. The zero-order valence-corrected chi connectivity index (χ0v) is 12.2. The van der Waals surface area contributed by atoms with Crippen LogP contribution in [0, 0.1) is 6.92 Å². The maximum absolute atomic E-state index is 12.2. The molecule has 7 heteroatoms. The first-order valence-electron chi connectivity index (χ1n) is 7.01. The minimum atomic E-state index is 0.0182. The molecule has 3 heterocycles. The Morgan fingerprint density at radius 1 is 1.33 bits per heavy atom. The van der Waals surface area contributed by atoms with Crippen LogP contribution in [0.1, 0.15) is 35.0 Å². The summed E-state index contributed by atoms with van der Waals surface area (Å²) in [5.74, 6) is 1.29. The Kier molecular flexibility index (Phi) is 3.74. The quantitative estimate of drug-likeness (QED) is 0.852. The molecule has 0 unspecified atom stereocenters. The highest BCUT2D eigenvalue weighted by atomic mass is 16.5. The fraction of sp³-hybridized carbons (Fsp3) is 0.500. The Balaban J connectivity index is 1.59. The fourth-order valence-corrected chi connectivity index (χ4v) is 2.52. The molecule has 3 rings (SSSR count). The lowest BCUT2D eigenvalue weighted by Crippen LogP contribution is -2.49. The van der Waals surface area contributed by atoms with E-state index in [-0.39, 0.29) is 11.9 Å². The van der Waals surface area contributed by atoms with Crippen LogP contribution in [0.2, 0.25) is 0 Å². The number of rotatable bonds is 3. The molecule has 1 saturated heterocycles. The molecule has 7 nitrogen and oxygen atoms in total. The zero-order valence-electron chi connectivity index (χ0n) is 12.2. The van der Waals surface area contributed by atoms with E-state index in [1.807, 2.05) is 11.8 Å². The van der Waals surface area contributed by atoms with Crippen molar-refractivity contribution in [2.24, 2.45) is 0 Å². The molecule has 21 heavy (non-hydrogen) atoms. The lowest BCUT2D eigenvalue weighted by molar-refractivity contribution is 0.0551. The van der Waals surface area contributed by atoms with Crippen molar-refractivity contribution in [3.05, 3.63) is 35.9 Å². The summed E-state index contributed by atoms with van der Waals surface area (Å²) >= 11 is 0. The Bertz CT molecular complexity index is 600. The standard InChI is InChI=1S/C14H18N4O3/c1-10(13-15-11(2)16-21-13)17-4-6-18(7-5-17)14(19)12-3-8-20-9-12/h3,8-10H,4-7H2,1-2H3/t10-/m1/s1. The summed E-state index contributed by atoms with van der Waals surface area (Å²) in [5, 5.41) is 3.82. The molecule has 0 aliphatic carbocycles. The average molecular weight is 290 g/mol. The van der Waals surface area contributed by atoms with E-state index in [9.17, 15) is 4.79 Å². The summed E-state index contributed by atoms with van der Waals surface area (Å²) in [7, 11) is 0. The van der Waals surface area contributed by atoms with Crippen LogP contribution in [0.3, 0.4) is 0 Å². The van der Waals surface area contributed by atoms with E-state index in [1.165, 1.54) is 12.5 Å². The number of aryl methyl sites for hydroxylation is 1. The minimum absolute atomic E-state index is 0.0182. The Morgan fingerprint density at radius 3 is 2.67 bits per heavy atom. The van der Waals surface area contributed by atoms with Gasteiger partial charge in [0.05, 0.1) is 17.9 Å². The molecular weight excluding hydrogens is 272 g/mol. The van der Waals surface area contributed by atoms with Crippen molar-refractivity contribution in [1.29, 1.82) is 0 Å². The van der Waals surface area contributed by atoms with Crippen molar-refractivity contribution in [3.63, 3.8) is 0 Å². The fourth-order valence-electron chi connectivity index (χ4n) is 2.52. The van der Waals surface area contributed by atoms with Gasteiger partial charge in [-0.2, -0.15) is 4.98 Å². The second-order valence-electron chi connectivity index (χ2n) is 5.20. The molecule has 1 aliphatic heterocycles. The maximum atomic E-state index is 12.2. The molecule has 112 valence electrons. The number of carbonyl (C=O) groups excluding carboxylic acids is 1. The van der Waals surface area contributed by atoms with Crippen LogP contribution in [0.5, 0.6) is 0 Å². The normalized spacial score (nSPS) is 17.9. The summed E-state index contributed by atoms with van der Waals surface area (Å²) in [6, 6.07) is 1.76. The Morgan fingerprint density at radius 2 is 2.10 bits per heavy atom. The number of hydrogen-bond donors (Lipinski definition) is 0. The van der Waals surface area contributed by atoms with E-state index in [0.29, 0.717) is 30.4 Å². The van der Waals surface area contributed by atoms with E-state index in [4.69, 9.17) is 8.94 Å². The van der Waals surface area contributed by atoms with Gasteiger partial charge in [-0.25, -0.2) is 0 Å². The molecule has 0 spiro atoms. The van der Waals surface area contributed by atoms with Crippen LogP contribution < -0.4 is 0 Å². The van der Waals surface area contributed by atoms with E-state index < -0.39 is 0 Å². The van der Waals surface area contributed by atoms with Gasteiger partial charge in [-0.3, -0.25) is 9.69 Å². The molecule has 0 N–H and O–H groups in total. The van der Waals surface area contributed by atoms with Gasteiger partial charge < -0.3 is 13.8 Å². The summed E-state index contributed by atoms with van der Waals surface area (Å²) in [4.78, 5) is 20.6. The second kappa shape index (κ2) is 5.69. The number of hydrogen-bond acceptors (Lipinski definition) is 6. The molecule has 0 bridgehead atoms. The zero-order chi connectivity index (χ0) is 14.8. The predicted molar refractivity (Wildman–Crippen MR) is 73.6 cm³/mol. The highest BCUT2D eigenvalue weighted by Crippen LogP contribution is 2.20. The van der Waals surface area contributed by atoms with Crippen LogP contribution in [0.15, 0.2) is 27.5 Å². The maximum Gasteiger partial charge on any atom is 0.257 e. The van der Waals surface area contributed by atoms with Crippen molar-refractivity contribution < 1.29 is 13.7 Å². The largest absolute Gasteiger partial charge is 0.472 e. The van der Waals surface area contributed by atoms with Crippen molar-refractivity contribution >= 4 is 5.91 Å². The van der Waals surface area contributed by atoms with Gasteiger partial charge in [0.15, 0.2) is 5.82 Å².